The molecule has 1 aliphatic heterocycles. The predicted molar refractivity (Wildman–Crippen MR) is 73.5 cm³/mol. The first-order valence-corrected chi connectivity index (χ1v) is 7.44. The van der Waals surface area contributed by atoms with Crippen molar-refractivity contribution in [3.63, 3.8) is 0 Å². The number of nitrogens with one attached hydrogen (secondary N) is 2. The number of piperazine rings is 1. The Balaban J connectivity index is 1.95. The number of carbonyl (C=O) groups excluding carboxylic acids is 1. The van der Waals surface area contributed by atoms with Gasteiger partial charge in [0.1, 0.15) is 6.04 Å². The van der Waals surface area contributed by atoms with E-state index in [-0.39, 0.29) is 11.9 Å². The first-order chi connectivity index (χ1) is 8.76. The Kier molecular flexibility index (Phi) is 5.01. The van der Waals surface area contributed by atoms with Gasteiger partial charge in [-0.2, -0.15) is 0 Å². The van der Waals surface area contributed by atoms with Gasteiger partial charge < -0.3 is 10.6 Å². The summed E-state index contributed by atoms with van der Waals surface area (Å²) in [7, 11) is 1.74. The highest BCUT2D eigenvalue weighted by Crippen LogP contribution is 2.30. The van der Waals surface area contributed by atoms with Gasteiger partial charge >= 0.3 is 0 Å². The van der Waals surface area contributed by atoms with Crippen molar-refractivity contribution in [1.82, 2.24) is 15.5 Å². The molecule has 2 N–H and O–H groups in total. The Morgan fingerprint density at radius 3 is 2.67 bits per heavy atom. The molecule has 1 heterocycles. The molecule has 0 aromatic carbocycles. The fraction of sp³-hybridized carbons (Fsp3) is 0.929. The van der Waals surface area contributed by atoms with E-state index in [0.717, 1.165) is 25.6 Å². The Bertz CT molecular complexity index is 274. The van der Waals surface area contributed by atoms with Crippen LogP contribution < -0.4 is 10.6 Å². The van der Waals surface area contributed by atoms with Gasteiger partial charge in [-0.1, -0.05) is 13.3 Å². The van der Waals surface area contributed by atoms with E-state index in [4.69, 9.17) is 0 Å². The lowest BCUT2D eigenvalue weighted by molar-refractivity contribution is -0.128. The van der Waals surface area contributed by atoms with Crippen LogP contribution in [0.15, 0.2) is 0 Å². The first-order valence-electron chi connectivity index (χ1n) is 7.44. The van der Waals surface area contributed by atoms with Gasteiger partial charge in [0.15, 0.2) is 0 Å². The van der Waals surface area contributed by atoms with Crippen LogP contribution in [0.4, 0.5) is 0 Å². The van der Waals surface area contributed by atoms with E-state index >= 15 is 0 Å². The highest BCUT2D eigenvalue weighted by molar-refractivity contribution is 5.81. The van der Waals surface area contributed by atoms with Crippen molar-refractivity contribution < 1.29 is 4.79 Å². The van der Waals surface area contributed by atoms with Gasteiger partial charge in [-0.05, 0) is 31.6 Å². The molecule has 1 amide bonds. The van der Waals surface area contributed by atoms with E-state index in [2.05, 4.69) is 22.5 Å². The smallest absolute Gasteiger partial charge is 0.238 e. The van der Waals surface area contributed by atoms with Crippen molar-refractivity contribution in [2.75, 3.05) is 26.7 Å². The maximum Gasteiger partial charge on any atom is 0.238 e. The van der Waals surface area contributed by atoms with Crippen LogP contribution in [0.1, 0.15) is 39.0 Å². The number of hydrogen-bond acceptors (Lipinski definition) is 3. The standard InChI is InChI=1S/C14H27N3O/c1-3-11-4-6-12(7-5-11)17-9-8-16-10-13(17)14(18)15-2/h11-13,16H,3-10H2,1-2H3,(H,15,18). The predicted octanol–water partition coefficient (Wildman–Crippen LogP) is 0.975. The SMILES string of the molecule is CCC1CCC(N2CCNCC2C(=O)NC)CC1. The zero-order valence-corrected chi connectivity index (χ0v) is 11.7. The maximum absolute atomic E-state index is 11.9. The van der Waals surface area contributed by atoms with E-state index < -0.39 is 0 Å². The zero-order chi connectivity index (χ0) is 13.0. The lowest BCUT2D eigenvalue weighted by Gasteiger charge is -2.43. The topological polar surface area (TPSA) is 44.4 Å². The molecule has 0 bridgehead atoms. The van der Waals surface area contributed by atoms with Crippen molar-refractivity contribution in [1.29, 1.82) is 0 Å². The van der Waals surface area contributed by atoms with Gasteiger partial charge in [0, 0.05) is 32.7 Å². The van der Waals surface area contributed by atoms with Gasteiger partial charge in [0.05, 0.1) is 0 Å². The van der Waals surface area contributed by atoms with E-state index in [1.165, 1.54) is 32.1 Å². The number of rotatable bonds is 3. The quantitative estimate of drug-likeness (QED) is 0.788. The summed E-state index contributed by atoms with van der Waals surface area (Å²) in [5, 5.41) is 6.14. The molecule has 2 aliphatic rings. The largest absolute Gasteiger partial charge is 0.358 e. The van der Waals surface area contributed by atoms with E-state index in [1.54, 1.807) is 7.05 Å². The second-order valence-corrected chi connectivity index (χ2v) is 5.65. The van der Waals surface area contributed by atoms with Gasteiger partial charge in [-0.25, -0.2) is 0 Å². The Hall–Kier alpha value is -0.610. The minimum Gasteiger partial charge on any atom is -0.358 e. The molecule has 2 rings (SSSR count). The molecule has 0 radical (unpaired) electrons. The molecule has 1 unspecified atom stereocenters. The maximum atomic E-state index is 11.9. The van der Waals surface area contributed by atoms with Crippen LogP contribution in [-0.4, -0.2) is 49.6 Å². The fourth-order valence-electron chi connectivity index (χ4n) is 3.45. The molecule has 104 valence electrons. The summed E-state index contributed by atoms with van der Waals surface area (Å²) >= 11 is 0. The van der Waals surface area contributed by atoms with Gasteiger partial charge in [0.2, 0.25) is 5.91 Å². The lowest BCUT2D eigenvalue weighted by Crippen LogP contribution is -2.60. The van der Waals surface area contributed by atoms with E-state index in [9.17, 15) is 4.79 Å². The zero-order valence-electron chi connectivity index (χ0n) is 11.7. The molecular weight excluding hydrogens is 226 g/mol. The van der Waals surface area contributed by atoms with Gasteiger partial charge in [-0.15, -0.1) is 0 Å². The number of hydrogen-bond donors (Lipinski definition) is 2. The summed E-state index contributed by atoms with van der Waals surface area (Å²) in [5.41, 5.74) is 0. The van der Waals surface area contributed by atoms with Crippen molar-refractivity contribution in [3.8, 4) is 0 Å². The third-order valence-electron chi connectivity index (χ3n) is 4.70. The second-order valence-electron chi connectivity index (χ2n) is 5.65. The third kappa shape index (κ3) is 3.04. The van der Waals surface area contributed by atoms with Crippen molar-refractivity contribution in [3.05, 3.63) is 0 Å². The van der Waals surface area contributed by atoms with E-state index in [0.29, 0.717) is 6.04 Å². The number of nitrogens with zero attached hydrogens (tertiary/aromatic N) is 1. The summed E-state index contributed by atoms with van der Waals surface area (Å²) in [6, 6.07) is 0.657. The summed E-state index contributed by atoms with van der Waals surface area (Å²) in [4.78, 5) is 14.4. The fourth-order valence-corrected chi connectivity index (χ4v) is 3.45. The number of likely N-dealkylation sites (N-methyl/N-ethyl adjacent to an activating group) is 1. The number of amides is 1. The summed E-state index contributed by atoms with van der Waals surface area (Å²) in [6.45, 7) is 5.12. The molecule has 0 aromatic heterocycles. The highest BCUT2D eigenvalue weighted by Gasteiger charge is 2.34. The molecule has 1 aliphatic carbocycles. The molecule has 2 fully saturated rings. The van der Waals surface area contributed by atoms with Crippen LogP contribution in [0.5, 0.6) is 0 Å². The Morgan fingerprint density at radius 2 is 2.06 bits per heavy atom. The third-order valence-corrected chi connectivity index (χ3v) is 4.70. The second kappa shape index (κ2) is 6.53. The first kappa shape index (κ1) is 13.8. The molecule has 1 atom stereocenters. The van der Waals surface area contributed by atoms with Crippen LogP contribution in [0.2, 0.25) is 0 Å². The van der Waals surface area contributed by atoms with E-state index in [1.807, 2.05) is 0 Å². The summed E-state index contributed by atoms with van der Waals surface area (Å²) in [6.07, 6.45) is 6.53. The lowest BCUT2D eigenvalue weighted by atomic mass is 9.83. The minimum atomic E-state index is 0.0342. The van der Waals surface area contributed by atoms with Crippen molar-refractivity contribution in [2.45, 2.75) is 51.1 Å². The number of carbonyl (C=O) groups is 1. The van der Waals surface area contributed by atoms with Crippen molar-refractivity contribution >= 4 is 5.91 Å². The van der Waals surface area contributed by atoms with Crippen LogP contribution in [-0.2, 0) is 4.79 Å². The summed E-state index contributed by atoms with van der Waals surface area (Å²) < 4.78 is 0. The molecule has 0 spiro atoms. The molecule has 4 heteroatoms. The molecule has 1 saturated carbocycles. The molecule has 18 heavy (non-hydrogen) atoms. The Morgan fingerprint density at radius 1 is 1.33 bits per heavy atom. The average Bonchev–Trinajstić information content (AvgIpc) is 2.46. The van der Waals surface area contributed by atoms with Gasteiger partial charge in [-0.3, -0.25) is 9.69 Å². The molecule has 1 saturated heterocycles. The molecule has 0 aromatic rings. The van der Waals surface area contributed by atoms with Crippen LogP contribution >= 0.6 is 0 Å². The van der Waals surface area contributed by atoms with Crippen LogP contribution in [0.3, 0.4) is 0 Å². The Labute approximate surface area is 110 Å². The summed E-state index contributed by atoms with van der Waals surface area (Å²) in [5.74, 6) is 1.09. The minimum absolute atomic E-state index is 0.0342. The highest BCUT2D eigenvalue weighted by atomic mass is 16.2. The molecular formula is C14H27N3O. The monoisotopic (exact) mass is 253 g/mol. The van der Waals surface area contributed by atoms with Crippen LogP contribution in [0, 0.1) is 5.92 Å². The molecule has 4 nitrogen and oxygen atoms in total. The van der Waals surface area contributed by atoms with Crippen LogP contribution in [0.25, 0.3) is 0 Å². The normalized spacial score (nSPS) is 34.2. The van der Waals surface area contributed by atoms with Crippen molar-refractivity contribution in [2.24, 2.45) is 5.92 Å². The average molecular weight is 253 g/mol. The van der Waals surface area contributed by atoms with Gasteiger partial charge in [0.25, 0.3) is 0 Å².